The second-order valence-corrected chi connectivity index (χ2v) is 6.40. The van der Waals surface area contributed by atoms with Gasteiger partial charge in [-0.15, -0.1) is 0 Å². The number of carbonyl (C=O) groups is 2. The third-order valence-corrected chi connectivity index (χ3v) is 4.42. The molecule has 132 valence electrons. The van der Waals surface area contributed by atoms with Crippen molar-refractivity contribution in [2.24, 2.45) is 0 Å². The van der Waals surface area contributed by atoms with Crippen molar-refractivity contribution < 1.29 is 14.0 Å². The molecule has 1 aliphatic rings. The van der Waals surface area contributed by atoms with Crippen LogP contribution >= 0.6 is 0 Å². The van der Waals surface area contributed by atoms with Crippen molar-refractivity contribution in [2.75, 3.05) is 37.6 Å². The van der Waals surface area contributed by atoms with Crippen molar-refractivity contribution in [3.63, 3.8) is 0 Å². The summed E-state index contributed by atoms with van der Waals surface area (Å²) in [5, 5.41) is 0. The Morgan fingerprint density at radius 2 is 1.71 bits per heavy atom. The van der Waals surface area contributed by atoms with Gasteiger partial charge in [-0.1, -0.05) is 0 Å². The van der Waals surface area contributed by atoms with Crippen molar-refractivity contribution in [1.82, 2.24) is 9.80 Å². The van der Waals surface area contributed by atoms with Gasteiger partial charge < -0.3 is 14.7 Å². The third-order valence-electron chi connectivity index (χ3n) is 4.42. The van der Waals surface area contributed by atoms with Crippen LogP contribution in [0.2, 0.25) is 0 Å². The summed E-state index contributed by atoms with van der Waals surface area (Å²) in [6.07, 6.45) is 0.355. The number of piperazine rings is 1. The van der Waals surface area contributed by atoms with E-state index in [2.05, 4.69) is 4.90 Å². The number of hydrogen-bond donors (Lipinski definition) is 0. The summed E-state index contributed by atoms with van der Waals surface area (Å²) in [6, 6.07) is 6.54. The molecule has 1 saturated heterocycles. The zero-order valence-electron chi connectivity index (χ0n) is 14.7. The smallest absolute Gasteiger partial charge is 0.224 e. The molecule has 0 saturated carbocycles. The average Bonchev–Trinajstić information content (AvgIpc) is 2.55. The van der Waals surface area contributed by atoms with Crippen molar-refractivity contribution in [3.8, 4) is 0 Å². The molecule has 0 atom stereocenters. The van der Waals surface area contributed by atoms with Crippen molar-refractivity contribution in [3.05, 3.63) is 30.1 Å². The van der Waals surface area contributed by atoms with Crippen LogP contribution in [-0.2, 0) is 9.59 Å². The van der Waals surface area contributed by atoms with Crippen LogP contribution in [0.5, 0.6) is 0 Å². The molecule has 0 N–H and O–H groups in total. The summed E-state index contributed by atoms with van der Waals surface area (Å²) in [5.41, 5.74) is 0.978. The van der Waals surface area contributed by atoms with Crippen LogP contribution in [0.4, 0.5) is 10.1 Å². The Morgan fingerprint density at radius 3 is 2.21 bits per heavy atom. The first kappa shape index (κ1) is 18.2. The maximum absolute atomic E-state index is 13.0. The lowest BCUT2D eigenvalue weighted by atomic mass is 10.2. The van der Waals surface area contributed by atoms with Gasteiger partial charge in [-0.2, -0.15) is 0 Å². The number of benzene rings is 1. The van der Waals surface area contributed by atoms with Gasteiger partial charge in [-0.3, -0.25) is 9.59 Å². The average molecular weight is 335 g/mol. The molecule has 6 heteroatoms. The first-order valence-electron chi connectivity index (χ1n) is 8.44. The van der Waals surface area contributed by atoms with E-state index >= 15 is 0 Å². The van der Waals surface area contributed by atoms with Crippen LogP contribution in [0, 0.1) is 5.82 Å². The molecule has 1 fully saturated rings. The van der Waals surface area contributed by atoms with E-state index in [-0.39, 0.29) is 23.7 Å². The summed E-state index contributed by atoms with van der Waals surface area (Å²) in [6.45, 7) is 8.67. The van der Waals surface area contributed by atoms with E-state index < -0.39 is 0 Å². The van der Waals surface area contributed by atoms with E-state index in [0.29, 0.717) is 26.1 Å². The normalized spacial score (nSPS) is 14.9. The fourth-order valence-electron chi connectivity index (χ4n) is 3.02. The topological polar surface area (TPSA) is 43.9 Å². The molecule has 24 heavy (non-hydrogen) atoms. The molecule has 5 nitrogen and oxygen atoms in total. The second-order valence-electron chi connectivity index (χ2n) is 6.40. The lowest BCUT2D eigenvalue weighted by Gasteiger charge is -2.36. The second kappa shape index (κ2) is 8.13. The molecule has 1 aliphatic heterocycles. The number of carbonyl (C=O) groups excluding carboxylic acids is 2. The molecule has 0 aliphatic carbocycles. The van der Waals surface area contributed by atoms with Crippen LogP contribution in [0.15, 0.2) is 24.3 Å². The first-order valence-corrected chi connectivity index (χ1v) is 8.44. The predicted molar refractivity (Wildman–Crippen MR) is 92.3 cm³/mol. The summed E-state index contributed by atoms with van der Waals surface area (Å²) < 4.78 is 13.0. The molecule has 0 bridgehead atoms. The Balaban J connectivity index is 1.82. The molecule has 2 amide bonds. The van der Waals surface area contributed by atoms with Gasteiger partial charge >= 0.3 is 0 Å². The lowest BCUT2D eigenvalue weighted by Crippen LogP contribution is -2.49. The zero-order valence-corrected chi connectivity index (χ0v) is 14.7. The van der Waals surface area contributed by atoms with Gasteiger partial charge in [0.15, 0.2) is 0 Å². The Hall–Kier alpha value is -2.11. The number of anilines is 1. The van der Waals surface area contributed by atoms with Gasteiger partial charge in [0.25, 0.3) is 0 Å². The van der Waals surface area contributed by atoms with Crippen molar-refractivity contribution in [2.45, 2.75) is 33.2 Å². The number of hydrogen-bond acceptors (Lipinski definition) is 3. The summed E-state index contributed by atoms with van der Waals surface area (Å²) in [5.74, 6) is -0.160. The van der Waals surface area contributed by atoms with Crippen LogP contribution in [0.1, 0.15) is 27.2 Å². The van der Waals surface area contributed by atoms with Gasteiger partial charge in [0.2, 0.25) is 11.8 Å². The van der Waals surface area contributed by atoms with E-state index in [1.54, 1.807) is 17.0 Å². The van der Waals surface area contributed by atoms with Crippen molar-refractivity contribution in [1.29, 1.82) is 0 Å². The van der Waals surface area contributed by atoms with E-state index in [9.17, 15) is 14.0 Å². The van der Waals surface area contributed by atoms with E-state index in [0.717, 1.165) is 18.8 Å². The fourth-order valence-corrected chi connectivity index (χ4v) is 3.02. The monoisotopic (exact) mass is 335 g/mol. The SMILES string of the molecule is CC(=O)N(CCC(=O)N1CCN(c2ccc(F)cc2)CC1)C(C)C. The van der Waals surface area contributed by atoms with E-state index in [4.69, 9.17) is 0 Å². The Bertz CT molecular complexity index is 566. The molecule has 1 heterocycles. The van der Waals surface area contributed by atoms with Gasteiger partial charge in [0.05, 0.1) is 0 Å². The molecular weight excluding hydrogens is 309 g/mol. The van der Waals surface area contributed by atoms with E-state index in [1.807, 2.05) is 18.7 Å². The van der Waals surface area contributed by atoms with Gasteiger partial charge in [0, 0.05) is 57.8 Å². The predicted octanol–water partition coefficient (Wildman–Crippen LogP) is 2.12. The molecule has 2 rings (SSSR count). The van der Waals surface area contributed by atoms with Crippen LogP contribution in [0.3, 0.4) is 0 Å². The van der Waals surface area contributed by atoms with Gasteiger partial charge in [0.1, 0.15) is 5.82 Å². The van der Waals surface area contributed by atoms with Crippen molar-refractivity contribution >= 4 is 17.5 Å². The number of nitrogens with zero attached hydrogens (tertiary/aromatic N) is 3. The Kier molecular flexibility index (Phi) is 6.17. The van der Waals surface area contributed by atoms with E-state index in [1.165, 1.54) is 19.1 Å². The largest absolute Gasteiger partial charge is 0.368 e. The highest BCUT2D eigenvalue weighted by Gasteiger charge is 2.22. The Labute approximate surface area is 143 Å². The quantitative estimate of drug-likeness (QED) is 0.828. The maximum Gasteiger partial charge on any atom is 0.224 e. The molecule has 1 aromatic carbocycles. The fraction of sp³-hybridized carbons (Fsp3) is 0.556. The summed E-state index contributed by atoms with van der Waals surface area (Å²) >= 11 is 0. The van der Waals surface area contributed by atoms with Crippen LogP contribution < -0.4 is 4.90 Å². The Morgan fingerprint density at radius 1 is 1.12 bits per heavy atom. The van der Waals surface area contributed by atoms with Gasteiger partial charge in [-0.05, 0) is 38.1 Å². The minimum absolute atomic E-state index is 0.000992. The molecular formula is C18H26FN3O2. The standard InChI is InChI=1S/C18H26FN3O2/c1-14(2)22(15(3)23)9-8-18(24)21-12-10-20(11-13-21)17-6-4-16(19)5-7-17/h4-7,14H,8-13H2,1-3H3. The van der Waals surface area contributed by atoms with Gasteiger partial charge in [-0.25, -0.2) is 4.39 Å². The number of amides is 2. The third kappa shape index (κ3) is 4.69. The molecule has 0 spiro atoms. The lowest BCUT2D eigenvalue weighted by molar-refractivity contribution is -0.134. The van der Waals surface area contributed by atoms with Crippen LogP contribution in [-0.4, -0.2) is 60.4 Å². The highest BCUT2D eigenvalue weighted by Crippen LogP contribution is 2.17. The molecule has 0 unspecified atom stereocenters. The highest BCUT2D eigenvalue weighted by atomic mass is 19.1. The highest BCUT2D eigenvalue weighted by molar-refractivity contribution is 5.78. The first-order chi connectivity index (χ1) is 11.4. The zero-order chi connectivity index (χ0) is 17.7. The number of halogens is 1. The summed E-state index contributed by atoms with van der Waals surface area (Å²) in [4.78, 5) is 29.6. The summed E-state index contributed by atoms with van der Waals surface area (Å²) in [7, 11) is 0. The maximum atomic E-state index is 13.0. The molecule has 0 aromatic heterocycles. The minimum atomic E-state index is -0.243. The molecule has 0 radical (unpaired) electrons. The molecule has 1 aromatic rings. The number of rotatable bonds is 5. The van der Waals surface area contributed by atoms with Crippen LogP contribution in [0.25, 0.3) is 0 Å². The minimum Gasteiger partial charge on any atom is -0.368 e.